The highest BCUT2D eigenvalue weighted by Crippen LogP contribution is 2.53. The summed E-state index contributed by atoms with van der Waals surface area (Å²) >= 11 is 0. The summed E-state index contributed by atoms with van der Waals surface area (Å²) in [6.45, 7) is 7.54. The molecule has 0 saturated heterocycles. The van der Waals surface area contributed by atoms with Crippen molar-refractivity contribution in [2.75, 3.05) is 13.2 Å². The first-order chi connectivity index (χ1) is 8.51. The smallest absolute Gasteiger partial charge is 0.308 e. The molecule has 4 nitrogen and oxygen atoms in total. The number of unbranched alkanes of at least 4 members (excludes halogenated alkanes) is 2. The zero-order valence-corrected chi connectivity index (χ0v) is 12.6. The van der Waals surface area contributed by atoms with Gasteiger partial charge in [0.25, 0.3) is 0 Å². The molecule has 0 aromatic rings. The highest BCUT2D eigenvalue weighted by Gasteiger charge is 2.36. The van der Waals surface area contributed by atoms with Crippen LogP contribution in [0.4, 0.5) is 0 Å². The molecule has 5 heteroatoms. The zero-order chi connectivity index (χ0) is 14.0. The molecule has 0 N–H and O–H groups in total. The summed E-state index contributed by atoms with van der Waals surface area (Å²) < 4.78 is 22.6. The van der Waals surface area contributed by atoms with Gasteiger partial charge in [0.2, 0.25) is 5.78 Å². The summed E-state index contributed by atoms with van der Waals surface area (Å²) in [6, 6.07) is 0. The van der Waals surface area contributed by atoms with Crippen LogP contribution in [0.15, 0.2) is 0 Å². The fourth-order valence-corrected chi connectivity index (χ4v) is 2.88. The normalized spacial score (nSPS) is 12.7. The van der Waals surface area contributed by atoms with Crippen molar-refractivity contribution in [1.29, 1.82) is 0 Å². The van der Waals surface area contributed by atoms with Crippen LogP contribution in [0, 0.1) is 11.8 Å². The largest absolute Gasteiger partial charge is 0.341 e. The highest BCUT2D eigenvalue weighted by molar-refractivity contribution is 7.55. The average molecular weight is 274 g/mol. The maximum Gasteiger partial charge on any atom is 0.341 e. The molecule has 0 aliphatic carbocycles. The van der Waals surface area contributed by atoms with E-state index < -0.39 is 13.3 Å². The van der Waals surface area contributed by atoms with Crippen LogP contribution in [-0.4, -0.2) is 24.7 Å². The molecular formula is C13H23O4P. The molecule has 0 aliphatic heterocycles. The Bertz CT molecular complexity index is 344. The van der Waals surface area contributed by atoms with E-state index in [0.29, 0.717) is 6.42 Å². The summed E-state index contributed by atoms with van der Waals surface area (Å²) in [4.78, 5) is 11.8. The van der Waals surface area contributed by atoms with Crippen LogP contribution >= 0.6 is 7.60 Å². The fraction of sp³-hybridized carbons (Fsp3) is 0.769. The van der Waals surface area contributed by atoms with E-state index in [1.54, 1.807) is 20.8 Å². The first kappa shape index (κ1) is 17.4. The molecule has 0 spiro atoms. The Labute approximate surface area is 110 Å². The number of hydrogen-bond acceptors (Lipinski definition) is 4. The molecule has 0 aromatic carbocycles. The SMILES string of the molecule is CCCCC#CC(=O)C(C)P(=O)(OCC)OCC. The van der Waals surface area contributed by atoms with E-state index in [1.165, 1.54) is 0 Å². The quantitative estimate of drug-likeness (QED) is 0.294. The van der Waals surface area contributed by atoms with Crippen molar-refractivity contribution in [2.24, 2.45) is 0 Å². The molecule has 18 heavy (non-hydrogen) atoms. The van der Waals surface area contributed by atoms with Gasteiger partial charge in [-0.15, -0.1) is 0 Å². The van der Waals surface area contributed by atoms with Crippen LogP contribution in [0.3, 0.4) is 0 Å². The van der Waals surface area contributed by atoms with Crippen molar-refractivity contribution in [3.05, 3.63) is 0 Å². The molecule has 104 valence electrons. The lowest BCUT2D eigenvalue weighted by Gasteiger charge is -2.20. The minimum atomic E-state index is -3.37. The van der Waals surface area contributed by atoms with Gasteiger partial charge in [-0.3, -0.25) is 9.36 Å². The van der Waals surface area contributed by atoms with Gasteiger partial charge >= 0.3 is 7.60 Å². The van der Waals surface area contributed by atoms with Crippen molar-refractivity contribution in [3.63, 3.8) is 0 Å². The van der Waals surface area contributed by atoms with E-state index in [4.69, 9.17) is 9.05 Å². The molecule has 0 aromatic heterocycles. The topological polar surface area (TPSA) is 52.6 Å². The predicted octanol–water partition coefficient (Wildman–Crippen LogP) is 3.40. The van der Waals surface area contributed by atoms with Gasteiger partial charge < -0.3 is 9.05 Å². The molecule has 0 bridgehead atoms. The third-order valence-electron chi connectivity index (χ3n) is 2.34. The molecule has 0 rings (SSSR count). The summed E-state index contributed by atoms with van der Waals surface area (Å²) in [7, 11) is -3.37. The fourth-order valence-electron chi connectivity index (χ4n) is 1.28. The zero-order valence-electron chi connectivity index (χ0n) is 11.7. The number of Topliss-reactive ketones (excluding diaryl/α,β-unsaturated/α-hetero) is 1. The minimum absolute atomic E-state index is 0.248. The van der Waals surface area contributed by atoms with Gasteiger partial charge in [-0.05, 0) is 33.1 Å². The Morgan fingerprint density at radius 3 is 2.22 bits per heavy atom. The third-order valence-corrected chi connectivity index (χ3v) is 4.76. The maximum absolute atomic E-state index is 12.3. The van der Waals surface area contributed by atoms with E-state index in [9.17, 15) is 9.36 Å². The summed E-state index contributed by atoms with van der Waals surface area (Å²) in [5, 5.41) is 0. The summed E-state index contributed by atoms with van der Waals surface area (Å²) in [5.41, 5.74) is -0.827. The second kappa shape index (κ2) is 9.33. The van der Waals surface area contributed by atoms with Crippen LogP contribution < -0.4 is 0 Å². The van der Waals surface area contributed by atoms with E-state index in [-0.39, 0.29) is 19.0 Å². The lowest BCUT2D eigenvalue weighted by atomic mass is 10.2. The number of hydrogen-bond donors (Lipinski definition) is 0. The van der Waals surface area contributed by atoms with Gasteiger partial charge in [-0.2, -0.15) is 0 Å². The van der Waals surface area contributed by atoms with Crippen LogP contribution in [0.5, 0.6) is 0 Å². The second-order valence-electron chi connectivity index (χ2n) is 3.82. The van der Waals surface area contributed by atoms with E-state index in [1.807, 2.05) is 0 Å². The molecule has 0 heterocycles. The molecule has 0 saturated carbocycles. The van der Waals surface area contributed by atoms with E-state index in [0.717, 1.165) is 12.8 Å². The summed E-state index contributed by atoms with van der Waals surface area (Å²) in [5.74, 6) is 4.93. The van der Waals surface area contributed by atoms with Gasteiger partial charge in [-0.25, -0.2) is 0 Å². The average Bonchev–Trinajstić information content (AvgIpc) is 2.34. The standard InChI is InChI=1S/C13H23O4P/c1-5-8-9-10-11-13(14)12(4)18(15,16-6-2)17-7-3/h12H,5-9H2,1-4H3. The van der Waals surface area contributed by atoms with Gasteiger partial charge in [0.1, 0.15) is 5.66 Å². The Balaban J connectivity index is 4.65. The lowest BCUT2D eigenvalue weighted by molar-refractivity contribution is -0.113. The monoisotopic (exact) mass is 274 g/mol. The van der Waals surface area contributed by atoms with Gasteiger partial charge in [0.05, 0.1) is 13.2 Å². The molecule has 0 amide bonds. The number of carbonyl (C=O) groups is 1. The Hall–Kier alpha value is -0.620. The van der Waals surface area contributed by atoms with Gasteiger partial charge in [0.15, 0.2) is 0 Å². The van der Waals surface area contributed by atoms with Crippen molar-refractivity contribution >= 4 is 13.4 Å². The highest BCUT2D eigenvalue weighted by atomic mass is 31.2. The Morgan fingerprint density at radius 2 is 1.78 bits per heavy atom. The predicted molar refractivity (Wildman–Crippen MR) is 72.6 cm³/mol. The molecule has 1 atom stereocenters. The maximum atomic E-state index is 12.3. The van der Waals surface area contributed by atoms with Gasteiger partial charge in [0, 0.05) is 6.42 Å². The number of ketones is 1. The first-order valence-corrected chi connectivity index (χ1v) is 8.04. The van der Waals surface area contributed by atoms with E-state index in [2.05, 4.69) is 18.8 Å². The molecule has 0 aliphatic rings. The second-order valence-corrected chi connectivity index (χ2v) is 6.19. The first-order valence-electron chi connectivity index (χ1n) is 6.43. The van der Waals surface area contributed by atoms with Crippen molar-refractivity contribution < 1.29 is 18.4 Å². The van der Waals surface area contributed by atoms with Crippen LogP contribution in [0.1, 0.15) is 47.0 Å². The van der Waals surface area contributed by atoms with Crippen molar-refractivity contribution in [2.45, 2.75) is 52.6 Å². The molecular weight excluding hydrogens is 251 g/mol. The van der Waals surface area contributed by atoms with Crippen LogP contribution in [0.2, 0.25) is 0 Å². The molecule has 1 unspecified atom stereocenters. The van der Waals surface area contributed by atoms with Crippen molar-refractivity contribution in [3.8, 4) is 11.8 Å². The lowest BCUT2D eigenvalue weighted by Crippen LogP contribution is -2.19. The number of carbonyl (C=O) groups excluding carboxylic acids is 1. The molecule has 0 fully saturated rings. The Morgan fingerprint density at radius 1 is 1.22 bits per heavy atom. The Kier molecular flexibility index (Phi) is 9.01. The van der Waals surface area contributed by atoms with Crippen LogP contribution in [-0.2, 0) is 18.4 Å². The minimum Gasteiger partial charge on any atom is -0.308 e. The van der Waals surface area contributed by atoms with Crippen LogP contribution in [0.25, 0.3) is 0 Å². The van der Waals surface area contributed by atoms with Gasteiger partial charge in [-0.1, -0.05) is 19.3 Å². The molecule has 0 radical (unpaired) electrons. The van der Waals surface area contributed by atoms with Crippen molar-refractivity contribution in [1.82, 2.24) is 0 Å². The number of rotatable bonds is 8. The van der Waals surface area contributed by atoms with E-state index >= 15 is 0 Å². The third kappa shape index (κ3) is 5.82. The summed E-state index contributed by atoms with van der Waals surface area (Å²) in [6.07, 6.45) is 2.68.